The first-order valence-corrected chi connectivity index (χ1v) is 7.50. The quantitative estimate of drug-likeness (QED) is 0.690. The number of rotatable bonds is 6. The highest BCUT2D eigenvalue weighted by Gasteiger charge is 2.09. The van der Waals surface area contributed by atoms with Crippen molar-refractivity contribution in [3.8, 4) is 0 Å². The molecule has 6 nitrogen and oxygen atoms in total. The molecular formula is C18H20FNO5. The van der Waals surface area contributed by atoms with Crippen molar-refractivity contribution in [1.29, 1.82) is 0 Å². The third kappa shape index (κ3) is 8.05. The second-order valence-corrected chi connectivity index (χ2v) is 5.12. The summed E-state index contributed by atoms with van der Waals surface area (Å²) in [6.07, 6.45) is 0. The molecule has 25 heavy (non-hydrogen) atoms. The van der Waals surface area contributed by atoms with Gasteiger partial charge in [0.15, 0.2) is 0 Å². The van der Waals surface area contributed by atoms with Gasteiger partial charge >= 0.3 is 11.9 Å². The Labute approximate surface area is 144 Å². The predicted molar refractivity (Wildman–Crippen MR) is 89.3 cm³/mol. The Morgan fingerprint density at radius 1 is 0.880 bits per heavy atom. The van der Waals surface area contributed by atoms with Gasteiger partial charge in [-0.2, -0.15) is 0 Å². The summed E-state index contributed by atoms with van der Waals surface area (Å²) in [6, 6.07) is 16.8. The fraction of sp³-hybridized carbons (Fsp3) is 0.222. The summed E-state index contributed by atoms with van der Waals surface area (Å²) in [5.41, 5.74) is 1.82. The second-order valence-electron chi connectivity index (χ2n) is 5.12. The largest absolute Gasteiger partial charge is 0.473 e. The van der Waals surface area contributed by atoms with Gasteiger partial charge in [-0.05, 0) is 11.6 Å². The highest BCUT2D eigenvalue weighted by molar-refractivity contribution is 6.27. The van der Waals surface area contributed by atoms with Crippen LogP contribution in [0.15, 0.2) is 54.6 Å². The Morgan fingerprint density at radius 3 is 1.96 bits per heavy atom. The lowest BCUT2D eigenvalue weighted by molar-refractivity contribution is -0.159. The molecule has 0 amide bonds. The molecule has 0 bridgehead atoms. The number of benzene rings is 2. The van der Waals surface area contributed by atoms with Gasteiger partial charge in [0.05, 0.1) is 6.61 Å². The molecule has 134 valence electrons. The minimum atomic E-state index is -1.82. The number of aliphatic hydroxyl groups excluding tert-OH is 1. The second kappa shape index (κ2) is 10.9. The molecule has 0 aliphatic carbocycles. The Morgan fingerprint density at radius 2 is 1.44 bits per heavy atom. The number of carboxylic acids is 2. The highest BCUT2D eigenvalue weighted by atomic mass is 19.1. The number of carboxylic acid groups (broad SMARTS) is 2. The van der Waals surface area contributed by atoms with Crippen molar-refractivity contribution in [3.05, 3.63) is 71.5 Å². The van der Waals surface area contributed by atoms with E-state index in [1.165, 1.54) is 6.07 Å². The van der Waals surface area contributed by atoms with Crippen molar-refractivity contribution in [2.45, 2.75) is 13.1 Å². The topological polar surface area (TPSA) is 98.1 Å². The molecule has 0 aliphatic rings. The third-order valence-corrected chi connectivity index (χ3v) is 3.20. The lowest BCUT2D eigenvalue weighted by atomic mass is 10.1. The van der Waals surface area contributed by atoms with Crippen LogP contribution in [0, 0.1) is 5.82 Å². The van der Waals surface area contributed by atoms with Crippen molar-refractivity contribution in [2.24, 2.45) is 0 Å². The number of carbonyl (C=O) groups is 2. The zero-order valence-electron chi connectivity index (χ0n) is 13.5. The number of hydrogen-bond donors (Lipinski definition) is 3. The third-order valence-electron chi connectivity index (χ3n) is 3.20. The molecule has 0 heterocycles. The first kappa shape index (κ1) is 20.3. The van der Waals surface area contributed by atoms with Crippen LogP contribution in [0.1, 0.15) is 11.1 Å². The van der Waals surface area contributed by atoms with E-state index in [9.17, 15) is 4.39 Å². The maximum atomic E-state index is 13.6. The zero-order chi connectivity index (χ0) is 18.7. The Balaban J connectivity index is 0.000000450. The van der Waals surface area contributed by atoms with Crippen LogP contribution in [-0.2, 0) is 22.7 Å². The fourth-order valence-electron chi connectivity index (χ4n) is 2.06. The minimum Gasteiger partial charge on any atom is -0.473 e. The van der Waals surface area contributed by atoms with E-state index in [-0.39, 0.29) is 12.4 Å². The van der Waals surface area contributed by atoms with Crippen LogP contribution in [0.4, 0.5) is 4.39 Å². The number of nitrogens with zero attached hydrogens (tertiary/aromatic N) is 1. The summed E-state index contributed by atoms with van der Waals surface area (Å²) < 4.78 is 13.6. The normalized spacial score (nSPS) is 10.0. The molecule has 0 radical (unpaired) electrons. The van der Waals surface area contributed by atoms with E-state index < -0.39 is 11.9 Å². The maximum Gasteiger partial charge on any atom is 0.414 e. The molecule has 2 aromatic rings. The van der Waals surface area contributed by atoms with Crippen LogP contribution < -0.4 is 0 Å². The Kier molecular flexibility index (Phi) is 8.84. The molecule has 7 heteroatoms. The first-order chi connectivity index (χ1) is 11.9. The van der Waals surface area contributed by atoms with Crippen molar-refractivity contribution in [1.82, 2.24) is 4.90 Å². The van der Waals surface area contributed by atoms with Gasteiger partial charge in [-0.3, -0.25) is 4.90 Å². The number of halogens is 1. The van der Waals surface area contributed by atoms with E-state index in [0.717, 1.165) is 5.56 Å². The molecule has 0 spiro atoms. The Hall–Kier alpha value is -2.77. The van der Waals surface area contributed by atoms with Crippen LogP contribution in [0.2, 0.25) is 0 Å². The van der Waals surface area contributed by atoms with E-state index in [1.807, 2.05) is 41.3 Å². The van der Waals surface area contributed by atoms with Crippen LogP contribution >= 0.6 is 0 Å². The van der Waals surface area contributed by atoms with E-state index >= 15 is 0 Å². The predicted octanol–water partition coefficient (Wildman–Crippen LogP) is 1.98. The lowest BCUT2D eigenvalue weighted by Gasteiger charge is -2.21. The van der Waals surface area contributed by atoms with Crippen molar-refractivity contribution in [3.63, 3.8) is 0 Å². The molecule has 0 fully saturated rings. The first-order valence-electron chi connectivity index (χ1n) is 7.50. The van der Waals surface area contributed by atoms with E-state index in [2.05, 4.69) is 0 Å². The molecule has 0 atom stereocenters. The van der Waals surface area contributed by atoms with Gasteiger partial charge in [-0.25, -0.2) is 14.0 Å². The average molecular weight is 349 g/mol. The summed E-state index contributed by atoms with van der Waals surface area (Å²) in [7, 11) is 0. The molecule has 0 aliphatic heterocycles. The van der Waals surface area contributed by atoms with Crippen molar-refractivity contribution < 1.29 is 29.3 Å². The molecule has 2 aromatic carbocycles. The van der Waals surface area contributed by atoms with Gasteiger partial charge in [0.2, 0.25) is 0 Å². The zero-order valence-corrected chi connectivity index (χ0v) is 13.5. The standard InChI is InChI=1S/C16H18FNO.C2H2O4/c17-16-9-5-4-8-15(16)13-18(10-11-19)12-14-6-2-1-3-7-14;3-1(4)2(5)6/h1-9,19H,10-13H2;(H,3,4)(H,5,6). The van der Waals surface area contributed by atoms with E-state index in [4.69, 9.17) is 24.9 Å². The molecular weight excluding hydrogens is 329 g/mol. The average Bonchev–Trinajstić information content (AvgIpc) is 2.58. The number of hydrogen-bond acceptors (Lipinski definition) is 4. The van der Waals surface area contributed by atoms with Gasteiger partial charge < -0.3 is 15.3 Å². The summed E-state index contributed by atoms with van der Waals surface area (Å²) >= 11 is 0. The van der Waals surface area contributed by atoms with Crippen LogP contribution in [-0.4, -0.2) is 45.3 Å². The van der Waals surface area contributed by atoms with E-state index in [1.54, 1.807) is 12.1 Å². The number of aliphatic hydroxyl groups is 1. The SMILES string of the molecule is O=C(O)C(=O)O.OCCN(Cc1ccccc1)Cc1ccccc1F. The van der Waals surface area contributed by atoms with Gasteiger partial charge in [-0.15, -0.1) is 0 Å². The van der Waals surface area contributed by atoms with E-state index in [0.29, 0.717) is 25.2 Å². The van der Waals surface area contributed by atoms with Crippen LogP contribution in [0.3, 0.4) is 0 Å². The van der Waals surface area contributed by atoms with Crippen molar-refractivity contribution >= 4 is 11.9 Å². The molecule has 0 saturated carbocycles. The molecule has 0 saturated heterocycles. The van der Waals surface area contributed by atoms with Gasteiger partial charge in [-0.1, -0.05) is 48.5 Å². The molecule has 0 aromatic heterocycles. The van der Waals surface area contributed by atoms with Crippen LogP contribution in [0.5, 0.6) is 0 Å². The number of aliphatic carboxylic acids is 2. The van der Waals surface area contributed by atoms with Gasteiger partial charge in [0.25, 0.3) is 0 Å². The molecule has 2 rings (SSSR count). The molecule has 0 unspecified atom stereocenters. The van der Waals surface area contributed by atoms with Crippen LogP contribution in [0.25, 0.3) is 0 Å². The fourth-order valence-corrected chi connectivity index (χ4v) is 2.06. The molecule has 3 N–H and O–H groups in total. The lowest BCUT2D eigenvalue weighted by Crippen LogP contribution is -2.26. The van der Waals surface area contributed by atoms with Gasteiger partial charge in [0.1, 0.15) is 5.82 Å². The van der Waals surface area contributed by atoms with Gasteiger partial charge in [0, 0.05) is 25.2 Å². The smallest absolute Gasteiger partial charge is 0.414 e. The minimum absolute atomic E-state index is 0.0707. The summed E-state index contributed by atoms with van der Waals surface area (Å²) in [4.78, 5) is 20.2. The summed E-state index contributed by atoms with van der Waals surface area (Å²) in [6.45, 7) is 1.81. The summed E-state index contributed by atoms with van der Waals surface area (Å²) in [5, 5.41) is 23.9. The Bertz CT molecular complexity index is 666. The highest BCUT2D eigenvalue weighted by Crippen LogP contribution is 2.12. The maximum absolute atomic E-state index is 13.6. The summed E-state index contributed by atoms with van der Waals surface area (Å²) in [5.74, 6) is -3.84. The monoisotopic (exact) mass is 349 g/mol. The van der Waals surface area contributed by atoms with Crippen molar-refractivity contribution in [2.75, 3.05) is 13.2 Å².